The maximum absolute atomic E-state index is 12.4. The highest BCUT2D eigenvalue weighted by molar-refractivity contribution is 6.31. The summed E-state index contributed by atoms with van der Waals surface area (Å²) in [7, 11) is 0. The second kappa shape index (κ2) is 10.2. The summed E-state index contributed by atoms with van der Waals surface area (Å²) in [6.07, 6.45) is 1.28. The van der Waals surface area contributed by atoms with E-state index in [9.17, 15) is 14.7 Å². The van der Waals surface area contributed by atoms with Gasteiger partial charge in [-0.2, -0.15) is 0 Å². The van der Waals surface area contributed by atoms with E-state index in [4.69, 9.17) is 20.9 Å². The highest BCUT2D eigenvalue weighted by atomic mass is 35.5. The summed E-state index contributed by atoms with van der Waals surface area (Å²) in [5, 5.41) is 16.7. The Labute approximate surface area is 200 Å². The number of rotatable bonds is 7. The number of aromatic carboxylic acids is 1. The summed E-state index contributed by atoms with van der Waals surface area (Å²) in [4.78, 5) is 27.8. The number of benzene rings is 2. The lowest BCUT2D eigenvalue weighted by Crippen LogP contribution is -2.16. The molecule has 0 aliphatic rings. The van der Waals surface area contributed by atoms with Crippen molar-refractivity contribution in [2.24, 2.45) is 0 Å². The van der Waals surface area contributed by atoms with Crippen molar-refractivity contribution in [3.63, 3.8) is 0 Å². The summed E-state index contributed by atoms with van der Waals surface area (Å²) in [5.74, 6) is -0.686. The standard InChI is InChI=1S/C25H20ClN3O5/c1-15-21(28-25(32)33-14-12-17-5-2-3-7-20(17)26)22(29-34-15)18-10-8-16(9-11-18)19-6-4-13-27-23(19)24(30)31/h2-11,13H,12,14H2,1H3,(H,28,32)(H,30,31). The molecule has 2 heterocycles. The van der Waals surface area contributed by atoms with Crippen LogP contribution in [0, 0.1) is 6.92 Å². The van der Waals surface area contributed by atoms with Crippen molar-refractivity contribution in [2.75, 3.05) is 11.9 Å². The highest BCUT2D eigenvalue weighted by Crippen LogP contribution is 2.32. The molecule has 8 nitrogen and oxygen atoms in total. The zero-order valence-corrected chi connectivity index (χ0v) is 18.9. The van der Waals surface area contributed by atoms with Gasteiger partial charge in [-0.3, -0.25) is 5.32 Å². The van der Waals surface area contributed by atoms with Crippen LogP contribution in [-0.2, 0) is 11.2 Å². The number of carbonyl (C=O) groups excluding carboxylic acids is 1. The molecule has 0 aliphatic heterocycles. The average Bonchev–Trinajstić information content (AvgIpc) is 3.20. The molecule has 0 fully saturated rings. The Hall–Kier alpha value is -4.17. The predicted octanol–water partition coefficient (Wildman–Crippen LogP) is 5.85. The SMILES string of the molecule is Cc1onc(-c2ccc(-c3cccnc3C(=O)O)cc2)c1NC(=O)OCCc1ccccc1Cl. The number of hydrogen-bond donors (Lipinski definition) is 2. The number of hydrogen-bond acceptors (Lipinski definition) is 6. The number of nitrogens with zero attached hydrogens (tertiary/aromatic N) is 2. The fraction of sp³-hybridized carbons (Fsp3) is 0.120. The zero-order valence-electron chi connectivity index (χ0n) is 18.1. The number of aryl methyl sites for hydroxylation is 1. The smallest absolute Gasteiger partial charge is 0.411 e. The maximum Gasteiger partial charge on any atom is 0.411 e. The number of halogens is 1. The lowest BCUT2D eigenvalue weighted by atomic mass is 10.0. The second-order valence-electron chi connectivity index (χ2n) is 7.35. The van der Waals surface area contributed by atoms with Crippen LogP contribution < -0.4 is 5.32 Å². The molecule has 1 amide bonds. The number of pyridine rings is 1. The number of carboxylic acid groups (broad SMARTS) is 1. The van der Waals surface area contributed by atoms with Gasteiger partial charge in [0.2, 0.25) is 0 Å². The minimum atomic E-state index is -1.11. The van der Waals surface area contributed by atoms with Gasteiger partial charge in [-0.15, -0.1) is 0 Å². The van der Waals surface area contributed by atoms with Crippen LogP contribution in [-0.4, -0.2) is 33.9 Å². The predicted molar refractivity (Wildman–Crippen MR) is 127 cm³/mol. The zero-order chi connectivity index (χ0) is 24.1. The van der Waals surface area contributed by atoms with Gasteiger partial charge >= 0.3 is 12.1 Å². The lowest BCUT2D eigenvalue weighted by molar-refractivity contribution is 0.0691. The Morgan fingerprint density at radius 1 is 1.06 bits per heavy atom. The van der Waals surface area contributed by atoms with Gasteiger partial charge in [0.25, 0.3) is 0 Å². The first-order chi connectivity index (χ1) is 16.4. The third-order valence-electron chi connectivity index (χ3n) is 5.13. The molecule has 9 heteroatoms. The Bertz CT molecular complexity index is 1330. The van der Waals surface area contributed by atoms with Crippen LogP contribution in [0.15, 0.2) is 71.4 Å². The minimum absolute atomic E-state index is 0.0329. The summed E-state index contributed by atoms with van der Waals surface area (Å²) >= 11 is 6.13. The Morgan fingerprint density at radius 3 is 2.53 bits per heavy atom. The lowest BCUT2D eigenvalue weighted by Gasteiger charge is -2.09. The molecule has 0 unspecified atom stereocenters. The molecular formula is C25H20ClN3O5. The summed E-state index contributed by atoms with van der Waals surface area (Å²) in [6, 6.07) is 17.8. The number of anilines is 1. The van der Waals surface area contributed by atoms with E-state index in [-0.39, 0.29) is 12.3 Å². The molecule has 4 aromatic rings. The van der Waals surface area contributed by atoms with Gasteiger partial charge in [0, 0.05) is 28.8 Å². The van der Waals surface area contributed by atoms with Gasteiger partial charge in [-0.25, -0.2) is 14.6 Å². The van der Waals surface area contributed by atoms with E-state index >= 15 is 0 Å². The Kier molecular flexibility index (Phi) is 6.89. The van der Waals surface area contributed by atoms with Gasteiger partial charge in [-0.1, -0.05) is 65.3 Å². The van der Waals surface area contributed by atoms with E-state index in [0.29, 0.717) is 45.3 Å². The molecule has 2 aromatic heterocycles. The first kappa shape index (κ1) is 23.0. The fourth-order valence-electron chi connectivity index (χ4n) is 3.43. The summed E-state index contributed by atoms with van der Waals surface area (Å²) in [6.45, 7) is 1.83. The van der Waals surface area contributed by atoms with E-state index in [1.165, 1.54) is 6.20 Å². The number of ether oxygens (including phenoxy) is 1. The number of amides is 1. The molecule has 0 bridgehead atoms. The van der Waals surface area contributed by atoms with E-state index < -0.39 is 12.1 Å². The molecule has 0 spiro atoms. The van der Waals surface area contributed by atoms with Gasteiger partial charge in [0.15, 0.2) is 11.5 Å². The van der Waals surface area contributed by atoms with Crippen molar-refractivity contribution < 1.29 is 24.0 Å². The molecule has 0 radical (unpaired) electrons. The third-order valence-corrected chi connectivity index (χ3v) is 5.50. The molecule has 4 rings (SSSR count). The van der Waals surface area contributed by atoms with Crippen molar-refractivity contribution in [1.29, 1.82) is 0 Å². The van der Waals surface area contributed by atoms with Crippen molar-refractivity contribution in [3.8, 4) is 22.4 Å². The summed E-state index contributed by atoms with van der Waals surface area (Å²) in [5.41, 5.74) is 3.53. The first-order valence-electron chi connectivity index (χ1n) is 10.4. The molecule has 0 saturated heterocycles. The maximum atomic E-state index is 12.4. The Morgan fingerprint density at radius 2 is 1.79 bits per heavy atom. The van der Waals surface area contributed by atoms with Crippen molar-refractivity contribution in [1.82, 2.24) is 10.1 Å². The van der Waals surface area contributed by atoms with Crippen LogP contribution in [0.2, 0.25) is 5.02 Å². The third kappa shape index (κ3) is 5.07. The molecule has 0 aliphatic carbocycles. The van der Waals surface area contributed by atoms with Crippen molar-refractivity contribution in [3.05, 3.63) is 88.9 Å². The molecule has 2 N–H and O–H groups in total. The topological polar surface area (TPSA) is 115 Å². The van der Waals surface area contributed by atoms with Crippen molar-refractivity contribution in [2.45, 2.75) is 13.3 Å². The largest absolute Gasteiger partial charge is 0.476 e. The molecule has 0 saturated carbocycles. The van der Waals surface area contributed by atoms with E-state index in [1.807, 2.05) is 18.2 Å². The van der Waals surface area contributed by atoms with Gasteiger partial charge in [0.1, 0.15) is 11.4 Å². The van der Waals surface area contributed by atoms with Crippen LogP contribution in [0.25, 0.3) is 22.4 Å². The number of carboxylic acids is 1. The van der Waals surface area contributed by atoms with Crippen LogP contribution in [0.5, 0.6) is 0 Å². The highest BCUT2D eigenvalue weighted by Gasteiger charge is 2.19. The number of aromatic nitrogens is 2. The van der Waals surface area contributed by atoms with Gasteiger partial charge in [-0.05, 0) is 30.2 Å². The van der Waals surface area contributed by atoms with E-state index in [0.717, 1.165) is 5.56 Å². The van der Waals surface area contributed by atoms with Crippen molar-refractivity contribution >= 4 is 29.4 Å². The molecular weight excluding hydrogens is 458 g/mol. The summed E-state index contributed by atoms with van der Waals surface area (Å²) < 4.78 is 10.6. The number of carbonyl (C=O) groups is 2. The quantitative estimate of drug-likeness (QED) is 0.343. The average molecular weight is 478 g/mol. The monoisotopic (exact) mass is 477 g/mol. The minimum Gasteiger partial charge on any atom is -0.476 e. The van der Waals surface area contributed by atoms with Crippen LogP contribution >= 0.6 is 11.6 Å². The second-order valence-corrected chi connectivity index (χ2v) is 7.75. The molecule has 172 valence electrons. The van der Waals surface area contributed by atoms with E-state index in [2.05, 4.69) is 15.5 Å². The van der Waals surface area contributed by atoms with E-state index in [1.54, 1.807) is 49.4 Å². The van der Waals surface area contributed by atoms with Gasteiger partial charge < -0.3 is 14.4 Å². The molecule has 34 heavy (non-hydrogen) atoms. The van der Waals surface area contributed by atoms with Crippen LogP contribution in [0.3, 0.4) is 0 Å². The van der Waals surface area contributed by atoms with Crippen LogP contribution in [0.4, 0.5) is 10.5 Å². The normalized spacial score (nSPS) is 10.6. The molecule has 2 aromatic carbocycles. The fourth-order valence-corrected chi connectivity index (χ4v) is 3.66. The van der Waals surface area contributed by atoms with Gasteiger partial charge in [0.05, 0.1) is 6.61 Å². The number of nitrogens with one attached hydrogen (secondary N) is 1. The van der Waals surface area contributed by atoms with Crippen LogP contribution in [0.1, 0.15) is 21.8 Å². The first-order valence-corrected chi connectivity index (χ1v) is 10.7. The Balaban J connectivity index is 1.47. The molecule has 0 atom stereocenters.